The Morgan fingerprint density at radius 2 is 2.11 bits per heavy atom. The lowest BCUT2D eigenvalue weighted by molar-refractivity contribution is 0.0690. The quantitative estimate of drug-likeness (QED) is 0.833. The zero-order chi connectivity index (χ0) is 13.1. The number of nitrogens with one attached hydrogen (secondary N) is 1. The summed E-state index contributed by atoms with van der Waals surface area (Å²) in [5.74, 6) is -1.10. The van der Waals surface area contributed by atoms with Crippen molar-refractivity contribution in [1.82, 2.24) is 14.8 Å². The van der Waals surface area contributed by atoms with E-state index in [0.717, 1.165) is 0 Å². The van der Waals surface area contributed by atoms with Crippen molar-refractivity contribution in [3.05, 3.63) is 41.9 Å². The number of hydrogen-bond donors (Lipinski definition) is 2. The molecule has 7 heteroatoms. The van der Waals surface area contributed by atoms with E-state index in [-0.39, 0.29) is 11.3 Å². The minimum absolute atomic E-state index is 0.107. The summed E-state index contributed by atoms with van der Waals surface area (Å²) in [5.41, 5.74) is 0.162. The lowest BCUT2D eigenvalue weighted by Gasteiger charge is -2.01. The van der Waals surface area contributed by atoms with Gasteiger partial charge in [-0.1, -0.05) is 0 Å². The summed E-state index contributed by atoms with van der Waals surface area (Å²) in [5, 5.41) is 15.2. The van der Waals surface area contributed by atoms with E-state index in [1.807, 2.05) is 0 Å². The average Bonchev–Trinajstić information content (AvgIpc) is 2.75. The third-order valence-corrected chi connectivity index (χ3v) is 2.20. The highest BCUT2D eigenvalue weighted by molar-refractivity contribution is 6.03. The molecule has 0 aliphatic rings. The molecule has 2 heterocycles. The molecule has 7 nitrogen and oxygen atoms in total. The first-order valence-electron chi connectivity index (χ1n) is 5.06. The fourth-order valence-corrected chi connectivity index (χ4v) is 1.32. The van der Waals surface area contributed by atoms with Crippen LogP contribution >= 0.6 is 0 Å². The minimum Gasteiger partial charge on any atom is -0.477 e. The molecule has 2 aromatic rings. The van der Waals surface area contributed by atoms with Gasteiger partial charge in [0.25, 0.3) is 5.91 Å². The molecular formula is C11H10N4O3. The molecule has 0 aliphatic carbocycles. The van der Waals surface area contributed by atoms with Crippen LogP contribution in [0.3, 0.4) is 0 Å². The third-order valence-electron chi connectivity index (χ3n) is 2.20. The number of carboxylic acid groups (broad SMARTS) is 1. The molecule has 0 aromatic carbocycles. The van der Waals surface area contributed by atoms with E-state index in [1.165, 1.54) is 18.3 Å². The van der Waals surface area contributed by atoms with Crippen LogP contribution in [0.25, 0.3) is 0 Å². The number of aromatic nitrogens is 3. The lowest BCUT2D eigenvalue weighted by atomic mass is 10.2. The molecule has 92 valence electrons. The topological polar surface area (TPSA) is 97.1 Å². The van der Waals surface area contributed by atoms with E-state index in [2.05, 4.69) is 15.4 Å². The molecule has 2 aromatic heterocycles. The number of carboxylic acids is 1. The van der Waals surface area contributed by atoms with Gasteiger partial charge in [0.05, 0.1) is 5.56 Å². The van der Waals surface area contributed by atoms with Crippen LogP contribution in [-0.4, -0.2) is 31.7 Å². The van der Waals surface area contributed by atoms with E-state index < -0.39 is 11.9 Å². The number of carbonyl (C=O) groups is 2. The molecule has 1 amide bonds. The van der Waals surface area contributed by atoms with Crippen molar-refractivity contribution in [2.24, 2.45) is 7.05 Å². The Morgan fingerprint density at radius 1 is 1.33 bits per heavy atom. The van der Waals surface area contributed by atoms with Crippen LogP contribution in [0, 0.1) is 0 Å². The van der Waals surface area contributed by atoms with Gasteiger partial charge in [0.1, 0.15) is 5.69 Å². The van der Waals surface area contributed by atoms with Gasteiger partial charge in [-0.3, -0.25) is 9.48 Å². The first kappa shape index (κ1) is 11.8. The van der Waals surface area contributed by atoms with Crippen molar-refractivity contribution in [3.63, 3.8) is 0 Å². The molecule has 0 saturated carbocycles. The van der Waals surface area contributed by atoms with Crippen LogP contribution in [0.4, 0.5) is 5.82 Å². The second kappa shape index (κ2) is 4.66. The number of hydrogen-bond acceptors (Lipinski definition) is 4. The van der Waals surface area contributed by atoms with Crippen molar-refractivity contribution >= 4 is 17.7 Å². The van der Waals surface area contributed by atoms with E-state index in [9.17, 15) is 9.59 Å². The van der Waals surface area contributed by atoms with Crippen LogP contribution in [0.5, 0.6) is 0 Å². The number of aromatic carboxylic acids is 1. The van der Waals surface area contributed by atoms with E-state index in [1.54, 1.807) is 24.0 Å². The smallest absolute Gasteiger partial charge is 0.354 e. The Labute approximate surface area is 102 Å². The number of aryl methyl sites for hydroxylation is 1. The van der Waals surface area contributed by atoms with Crippen LogP contribution in [0.15, 0.2) is 30.6 Å². The maximum atomic E-state index is 11.8. The van der Waals surface area contributed by atoms with Crippen molar-refractivity contribution < 1.29 is 14.7 Å². The Hall–Kier alpha value is -2.70. The van der Waals surface area contributed by atoms with Gasteiger partial charge in [0.2, 0.25) is 0 Å². The van der Waals surface area contributed by atoms with E-state index in [0.29, 0.717) is 5.82 Å². The van der Waals surface area contributed by atoms with Gasteiger partial charge in [-0.05, 0) is 12.1 Å². The van der Waals surface area contributed by atoms with Gasteiger partial charge in [0, 0.05) is 25.5 Å². The molecule has 0 fully saturated rings. The largest absolute Gasteiger partial charge is 0.477 e. The van der Waals surface area contributed by atoms with Crippen molar-refractivity contribution in [1.29, 1.82) is 0 Å². The standard InChI is InChI=1S/C11H10N4O3/c1-15-5-4-9(14-15)13-10(16)7-2-3-8(11(17)18)12-6-7/h2-6H,1H3,(H,17,18)(H,13,14,16). The first-order chi connectivity index (χ1) is 8.56. The van der Waals surface area contributed by atoms with Crippen molar-refractivity contribution in [3.8, 4) is 0 Å². The van der Waals surface area contributed by atoms with Gasteiger partial charge in [-0.2, -0.15) is 5.10 Å². The van der Waals surface area contributed by atoms with Gasteiger partial charge in [-0.15, -0.1) is 0 Å². The Kier molecular flexibility index (Phi) is 3.05. The SMILES string of the molecule is Cn1ccc(NC(=O)c2ccc(C(=O)O)nc2)n1. The molecule has 0 aliphatic heterocycles. The maximum Gasteiger partial charge on any atom is 0.354 e. The number of nitrogens with zero attached hydrogens (tertiary/aromatic N) is 3. The van der Waals surface area contributed by atoms with E-state index in [4.69, 9.17) is 5.11 Å². The summed E-state index contributed by atoms with van der Waals surface area (Å²) in [6.07, 6.45) is 2.91. The molecule has 0 saturated heterocycles. The summed E-state index contributed by atoms with van der Waals surface area (Å²) in [6.45, 7) is 0. The zero-order valence-electron chi connectivity index (χ0n) is 9.49. The molecule has 18 heavy (non-hydrogen) atoms. The Morgan fingerprint density at radius 3 is 2.61 bits per heavy atom. The lowest BCUT2D eigenvalue weighted by Crippen LogP contribution is -2.13. The summed E-state index contributed by atoms with van der Waals surface area (Å²) in [7, 11) is 1.73. The third kappa shape index (κ3) is 2.51. The van der Waals surface area contributed by atoms with E-state index >= 15 is 0 Å². The highest BCUT2D eigenvalue weighted by Crippen LogP contribution is 2.06. The fourth-order valence-electron chi connectivity index (χ4n) is 1.32. The fraction of sp³-hybridized carbons (Fsp3) is 0.0909. The summed E-state index contributed by atoms with van der Waals surface area (Å²) < 4.78 is 1.56. The van der Waals surface area contributed by atoms with Gasteiger partial charge in [-0.25, -0.2) is 9.78 Å². The number of anilines is 1. The molecule has 0 atom stereocenters. The average molecular weight is 246 g/mol. The predicted molar refractivity (Wildman–Crippen MR) is 62.4 cm³/mol. The number of pyridine rings is 1. The van der Waals surface area contributed by atoms with Crippen LogP contribution in [0.1, 0.15) is 20.8 Å². The molecular weight excluding hydrogens is 236 g/mol. The van der Waals surface area contributed by atoms with Crippen LogP contribution in [-0.2, 0) is 7.05 Å². The molecule has 2 N–H and O–H groups in total. The zero-order valence-corrected chi connectivity index (χ0v) is 9.49. The number of amides is 1. The monoisotopic (exact) mass is 246 g/mol. The minimum atomic E-state index is -1.13. The number of rotatable bonds is 3. The Bertz CT molecular complexity index is 589. The number of carbonyl (C=O) groups excluding carboxylic acids is 1. The first-order valence-corrected chi connectivity index (χ1v) is 5.06. The van der Waals surface area contributed by atoms with Gasteiger partial charge >= 0.3 is 5.97 Å². The summed E-state index contributed by atoms with van der Waals surface area (Å²) >= 11 is 0. The van der Waals surface area contributed by atoms with Crippen LogP contribution < -0.4 is 5.32 Å². The maximum absolute atomic E-state index is 11.8. The summed E-state index contributed by atoms with van der Waals surface area (Å²) in [6, 6.07) is 4.32. The second-order valence-electron chi connectivity index (χ2n) is 3.57. The molecule has 0 unspecified atom stereocenters. The van der Waals surface area contributed by atoms with Gasteiger partial charge in [0.15, 0.2) is 5.82 Å². The molecule has 0 radical (unpaired) electrons. The molecule has 0 bridgehead atoms. The predicted octanol–water partition coefficient (Wildman–Crippen LogP) is 0.766. The van der Waals surface area contributed by atoms with Crippen molar-refractivity contribution in [2.75, 3.05) is 5.32 Å². The highest BCUT2D eigenvalue weighted by Gasteiger charge is 2.10. The normalized spacial score (nSPS) is 10.1. The second-order valence-corrected chi connectivity index (χ2v) is 3.57. The Balaban J connectivity index is 2.11. The van der Waals surface area contributed by atoms with Crippen molar-refractivity contribution in [2.45, 2.75) is 0 Å². The molecule has 2 rings (SSSR count). The van der Waals surface area contributed by atoms with Crippen LogP contribution in [0.2, 0.25) is 0 Å². The van der Waals surface area contributed by atoms with Gasteiger partial charge < -0.3 is 10.4 Å². The highest BCUT2D eigenvalue weighted by atomic mass is 16.4. The summed E-state index contributed by atoms with van der Waals surface area (Å²) in [4.78, 5) is 26.0. The molecule has 0 spiro atoms.